The Hall–Kier alpha value is -1.75. The van der Waals surface area contributed by atoms with E-state index in [0.29, 0.717) is 0 Å². The second-order valence-electron chi connectivity index (χ2n) is 3.70. The Morgan fingerprint density at radius 2 is 2.18 bits per heavy atom. The molecular weight excluding hydrogens is 214 g/mol. The van der Waals surface area contributed by atoms with Gasteiger partial charge in [-0.25, -0.2) is 15.0 Å². The number of imidazole rings is 1. The molecule has 17 heavy (non-hydrogen) atoms. The first kappa shape index (κ1) is 11.7. The van der Waals surface area contributed by atoms with Crippen LogP contribution in [0.4, 0.5) is 0 Å². The highest BCUT2D eigenvalue weighted by atomic mass is 15.1. The third-order valence-corrected chi connectivity index (χ3v) is 2.66. The van der Waals surface area contributed by atoms with Crippen molar-refractivity contribution in [3.05, 3.63) is 42.5 Å². The number of hydrogen-bond acceptors (Lipinski definition) is 4. The highest BCUT2D eigenvalue weighted by Crippen LogP contribution is 2.17. The lowest BCUT2D eigenvalue weighted by atomic mass is 10.2. The summed E-state index contributed by atoms with van der Waals surface area (Å²) in [7, 11) is 0. The zero-order chi connectivity index (χ0) is 12.1. The number of nitrogens with one attached hydrogen (secondary N) is 1. The minimum Gasteiger partial charge on any atom is -0.334 e. The molecule has 1 unspecified atom stereocenters. The standard InChI is InChI=1S/C12H17N5/c1-3-14-11(10-5-6-13-9-16-10)12-15-7-8-17(12)4-2/h5-9,11,14H,3-4H2,1-2H3. The molecule has 0 bridgehead atoms. The zero-order valence-corrected chi connectivity index (χ0v) is 10.2. The van der Waals surface area contributed by atoms with Crippen LogP contribution in [0.3, 0.4) is 0 Å². The minimum absolute atomic E-state index is 0.0259. The van der Waals surface area contributed by atoms with E-state index < -0.39 is 0 Å². The van der Waals surface area contributed by atoms with Crippen LogP contribution in [0.1, 0.15) is 31.4 Å². The van der Waals surface area contributed by atoms with Gasteiger partial charge in [0.05, 0.1) is 5.69 Å². The molecule has 5 heteroatoms. The van der Waals surface area contributed by atoms with Gasteiger partial charge in [-0.1, -0.05) is 6.92 Å². The van der Waals surface area contributed by atoms with Crippen molar-refractivity contribution in [3.63, 3.8) is 0 Å². The average molecular weight is 231 g/mol. The lowest BCUT2D eigenvalue weighted by Gasteiger charge is -2.17. The molecule has 0 saturated carbocycles. The maximum atomic E-state index is 4.42. The first-order valence-electron chi connectivity index (χ1n) is 5.87. The van der Waals surface area contributed by atoms with Gasteiger partial charge in [0.1, 0.15) is 18.2 Å². The fraction of sp³-hybridized carbons (Fsp3) is 0.417. The van der Waals surface area contributed by atoms with Gasteiger partial charge in [-0.2, -0.15) is 0 Å². The molecule has 0 aliphatic carbocycles. The molecule has 0 amide bonds. The first-order chi connectivity index (χ1) is 8.36. The van der Waals surface area contributed by atoms with Crippen LogP contribution in [0, 0.1) is 0 Å². The molecule has 1 N–H and O–H groups in total. The van der Waals surface area contributed by atoms with Crippen molar-refractivity contribution in [1.29, 1.82) is 0 Å². The predicted octanol–water partition coefficient (Wildman–Crippen LogP) is 1.39. The van der Waals surface area contributed by atoms with Gasteiger partial charge < -0.3 is 9.88 Å². The van der Waals surface area contributed by atoms with Crippen LogP contribution in [0.15, 0.2) is 31.0 Å². The van der Waals surface area contributed by atoms with Crippen molar-refractivity contribution in [2.45, 2.75) is 26.4 Å². The van der Waals surface area contributed by atoms with E-state index >= 15 is 0 Å². The largest absolute Gasteiger partial charge is 0.334 e. The number of aryl methyl sites for hydroxylation is 1. The molecular formula is C12H17N5. The number of nitrogens with zero attached hydrogens (tertiary/aromatic N) is 4. The molecule has 0 aromatic carbocycles. The molecule has 0 radical (unpaired) electrons. The van der Waals surface area contributed by atoms with E-state index in [-0.39, 0.29) is 6.04 Å². The van der Waals surface area contributed by atoms with Gasteiger partial charge in [0.2, 0.25) is 0 Å². The average Bonchev–Trinajstić information content (AvgIpc) is 2.85. The van der Waals surface area contributed by atoms with Crippen LogP contribution < -0.4 is 5.32 Å². The molecule has 0 fully saturated rings. The van der Waals surface area contributed by atoms with Gasteiger partial charge in [0.15, 0.2) is 0 Å². The van der Waals surface area contributed by atoms with Crippen molar-refractivity contribution in [2.75, 3.05) is 6.54 Å². The molecule has 2 heterocycles. The molecule has 2 aromatic heterocycles. The topological polar surface area (TPSA) is 55.6 Å². The highest BCUT2D eigenvalue weighted by Gasteiger charge is 2.18. The summed E-state index contributed by atoms with van der Waals surface area (Å²) in [6.45, 7) is 5.95. The van der Waals surface area contributed by atoms with Gasteiger partial charge >= 0.3 is 0 Å². The van der Waals surface area contributed by atoms with E-state index in [1.165, 1.54) is 0 Å². The Morgan fingerprint density at radius 3 is 2.82 bits per heavy atom. The quantitative estimate of drug-likeness (QED) is 0.845. The molecule has 2 aromatic rings. The smallest absolute Gasteiger partial charge is 0.132 e. The fourth-order valence-corrected chi connectivity index (χ4v) is 1.85. The summed E-state index contributed by atoms with van der Waals surface area (Å²) < 4.78 is 2.12. The van der Waals surface area contributed by atoms with Gasteiger partial charge in [-0.05, 0) is 19.5 Å². The van der Waals surface area contributed by atoms with Gasteiger partial charge in [-0.3, -0.25) is 0 Å². The van der Waals surface area contributed by atoms with Crippen molar-refractivity contribution in [1.82, 2.24) is 24.8 Å². The molecule has 90 valence electrons. The molecule has 0 aliphatic rings. The van der Waals surface area contributed by atoms with Crippen molar-refractivity contribution >= 4 is 0 Å². The molecule has 0 saturated heterocycles. The summed E-state index contributed by atoms with van der Waals surface area (Å²) >= 11 is 0. The third-order valence-electron chi connectivity index (χ3n) is 2.66. The minimum atomic E-state index is 0.0259. The van der Waals surface area contributed by atoms with Crippen LogP contribution in [0.5, 0.6) is 0 Å². The summed E-state index contributed by atoms with van der Waals surface area (Å²) in [5.41, 5.74) is 0.947. The van der Waals surface area contributed by atoms with Gasteiger partial charge in [-0.15, -0.1) is 0 Å². The zero-order valence-electron chi connectivity index (χ0n) is 10.2. The van der Waals surface area contributed by atoms with E-state index in [1.54, 1.807) is 12.5 Å². The first-order valence-corrected chi connectivity index (χ1v) is 5.87. The number of hydrogen-bond donors (Lipinski definition) is 1. The number of aromatic nitrogens is 4. The normalized spacial score (nSPS) is 12.6. The van der Waals surface area contributed by atoms with Crippen molar-refractivity contribution in [2.24, 2.45) is 0 Å². The molecule has 0 aliphatic heterocycles. The molecule has 5 nitrogen and oxygen atoms in total. The van der Waals surface area contributed by atoms with Gasteiger partial charge in [0, 0.05) is 25.1 Å². The number of rotatable bonds is 5. The third kappa shape index (κ3) is 2.50. The monoisotopic (exact) mass is 231 g/mol. The Bertz CT molecular complexity index is 451. The summed E-state index contributed by atoms with van der Waals surface area (Å²) in [6, 6.07) is 1.94. The van der Waals surface area contributed by atoms with Crippen LogP contribution in [-0.2, 0) is 6.54 Å². The van der Waals surface area contributed by atoms with Crippen LogP contribution >= 0.6 is 0 Å². The second kappa shape index (κ2) is 5.54. The van der Waals surface area contributed by atoms with Crippen LogP contribution in [-0.4, -0.2) is 26.1 Å². The summed E-state index contributed by atoms with van der Waals surface area (Å²) in [4.78, 5) is 12.7. The van der Waals surface area contributed by atoms with E-state index in [0.717, 1.165) is 24.6 Å². The molecule has 1 atom stereocenters. The Balaban J connectivity index is 2.36. The predicted molar refractivity (Wildman–Crippen MR) is 65.5 cm³/mol. The fourth-order valence-electron chi connectivity index (χ4n) is 1.85. The van der Waals surface area contributed by atoms with Crippen molar-refractivity contribution < 1.29 is 0 Å². The summed E-state index contributed by atoms with van der Waals surface area (Å²) in [5.74, 6) is 0.994. The van der Waals surface area contributed by atoms with Gasteiger partial charge in [0.25, 0.3) is 0 Å². The maximum absolute atomic E-state index is 4.42. The lowest BCUT2D eigenvalue weighted by molar-refractivity contribution is 0.547. The van der Waals surface area contributed by atoms with E-state index in [9.17, 15) is 0 Å². The lowest BCUT2D eigenvalue weighted by Crippen LogP contribution is -2.26. The molecule has 2 rings (SSSR count). The SMILES string of the molecule is CCNC(c1ccncn1)c1nccn1CC. The molecule has 0 spiro atoms. The summed E-state index contributed by atoms with van der Waals surface area (Å²) in [6.07, 6.45) is 7.13. The Morgan fingerprint density at radius 1 is 1.29 bits per heavy atom. The summed E-state index contributed by atoms with van der Waals surface area (Å²) in [5, 5.41) is 3.40. The van der Waals surface area contributed by atoms with E-state index in [2.05, 4.69) is 38.7 Å². The van der Waals surface area contributed by atoms with Crippen molar-refractivity contribution in [3.8, 4) is 0 Å². The van der Waals surface area contributed by atoms with E-state index in [4.69, 9.17) is 0 Å². The Labute approximate surface area is 101 Å². The Kier molecular flexibility index (Phi) is 3.82. The second-order valence-corrected chi connectivity index (χ2v) is 3.70. The van der Waals surface area contributed by atoms with E-state index in [1.807, 2.05) is 18.5 Å². The van der Waals surface area contributed by atoms with Crippen LogP contribution in [0.25, 0.3) is 0 Å². The highest BCUT2D eigenvalue weighted by molar-refractivity contribution is 5.16. The van der Waals surface area contributed by atoms with Crippen LogP contribution in [0.2, 0.25) is 0 Å². The maximum Gasteiger partial charge on any atom is 0.132 e.